The van der Waals surface area contributed by atoms with E-state index in [1.165, 1.54) is 0 Å². The van der Waals surface area contributed by atoms with Gasteiger partial charge in [-0.3, -0.25) is 9.59 Å². The Morgan fingerprint density at radius 2 is 2.00 bits per heavy atom. The smallest absolute Gasteiger partial charge is 0.240 e. The number of imidazole rings is 1. The van der Waals surface area contributed by atoms with Gasteiger partial charge in [0.05, 0.1) is 17.6 Å². The number of rotatable bonds is 10. The number of fused-ring (bicyclic) bond motifs is 1. The Kier molecular flexibility index (Phi) is 7.40. The van der Waals surface area contributed by atoms with Crippen LogP contribution in [-0.2, 0) is 27.4 Å². The summed E-state index contributed by atoms with van der Waals surface area (Å²) in [6.45, 7) is 3.63. The van der Waals surface area contributed by atoms with Gasteiger partial charge in [-0.2, -0.15) is 0 Å². The first kappa shape index (κ1) is 18.9. The first-order valence-electron chi connectivity index (χ1n) is 8.62. The van der Waals surface area contributed by atoms with Crippen LogP contribution in [0.3, 0.4) is 0 Å². The number of para-hydroxylation sites is 2. The average molecular weight is 346 g/mol. The molecular weight excluding hydrogens is 320 g/mol. The maximum absolute atomic E-state index is 12.2. The SMILES string of the molecule is CCCC(=O)NCc1nc2ccccc2n1CC(=O)NCCCOC. The molecule has 7 nitrogen and oxygen atoms in total. The minimum Gasteiger partial charge on any atom is -0.385 e. The van der Waals surface area contributed by atoms with E-state index < -0.39 is 0 Å². The van der Waals surface area contributed by atoms with Crippen LogP contribution in [0, 0.1) is 0 Å². The van der Waals surface area contributed by atoms with Gasteiger partial charge in [0, 0.05) is 26.7 Å². The predicted octanol–water partition coefficient (Wildman–Crippen LogP) is 1.61. The van der Waals surface area contributed by atoms with Gasteiger partial charge in [0.25, 0.3) is 0 Å². The molecule has 0 unspecified atom stereocenters. The molecule has 1 aromatic heterocycles. The lowest BCUT2D eigenvalue weighted by Crippen LogP contribution is -2.30. The standard InChI is InChI=1S/C18H26N4O3/c1-3-7-17(23)20-12-16-21-14-8-4-5-9-15(14)22(16)13-18(24)19-10-6-11-25-2/h4-5,8-9H,3,6-7,10-13H2,1-2H3,(H,19,24)(H,20,23). The van der Waals surface area contributed by atoms with Crippen molar-refractivity contribution < 1.29 is 14.3 Å². The van der Waals surface area contributed by atoms with Gasteiger partial charge in [-0.1, -0.05) is 19.1 Å². The van der Waals surface area contributed by atoms with Crippen molar-refractivity contribution in [1.29, 1.82) is 0 Å². The quantitative estimate of drug-likeness (QED) is 0.640. The number of carbonyl (C=O) groups is 2. The molecule has 0 aliphatic heterocycles. The molecule has 2 aromatic rings. The monoisotopic (exact) mass is 346 g/mol. The van der Waals surface area contributed by atoms with Crippen molar-refractivity contribution in [3.63, 3.8) is 0 Å². The molecule has 0 saturated heterocycles. The zero-order chi connectivity index (χ0) is 18.1. The fourth-order valence-corrected chi connectivity index (χ4v) is 2.57. The topological polar surface area (TPSA) is 85.2 Å². The number of hydrogen-bond donors (Lipinski definition) is 2. The van der Waals surface area contributed by atoms with Gasteiger partial charge in [0.2, 0.25) is 11.8 Å². The summed E-state index contributed by atoms with van der Waals surface area (Å²) in [6.07, 6.45) is 2.05. The number of nitrogens with zero attached hydrogens (tertiary/aromatic N) is 2. The van der Waals surface area contributed by atoms with Gasteiger partial charge in [-0.25, -0.2) is 4.98 Å². The zero-order valence-corrected chi connectivity index (χ0v) is 14.9. The molecule has 25 heavy (non-hydrogen) atoms. The second-order valence-corrected chi connectivity index (χ2v) is 5.83. The Balaban J connectivity index is 2.08. The maximum Gasteiger partial charge on any atom is 0.240 e. The van der Waals surface area contributed by atoms with E-state index in [0.717, 1.165) is 23.9 Å². The predicted molar refractivity (Wildman–Crippen MR) is 96.0 cm³/mol. The van der Waals surface area contributed by atoms with Crippen molar-refractivity contribution in [3.8, 4) is 0 Å². The highest BCUT2D eigenvalue weighted by atomic mass is 16.5. The summed E-state index contributed by atoms with van der Waals surface area (Å²) in [5.41, 5.74) is 1.70. The van der Waals surface area contributed by atoms with E-state index in [4.69, 9.17) is 4.74 Å². The van der Waals surface area contributed by atoms with Crippen molar-refractivity contribution in [2.75, 3.05) is 20.3 Å². The van der Waals surface area contributed by atoms with E-state index in [-0.39, 0.29) is 18.4 Å². The first-order valence-corrected chi connectivity index (χ1v) is 8.62. The van der Waals surface area contributed by atoms with E-state index in [1.807, 2.05) is 35.8 Å². The highest BCUT2D eigenvalue weighted by molar-refractivity contribution is 5.81. The zero-order valence-electron chi connectivity index (χ0n) is 14.9. The molecule has 1 heterocycles. The Hall–Kier alpha value is -2.41. The fraction of sp³-hybridized carbons (Fsp3) is 0.500. The Bertz CT molecular complexity index is 711. The summed E-state index contributed by atoms with van der Waals surface area (Å²) in [4.78, 5) is 28.5. The van der Waals surface area contributed by atoms with Crippen molar-refractivity contribution >= 4 is 22.8 Å². The third-order valence-corrected chi connectivity index (χ3v) is 3.80. The molecule has 1 aromatic carbocycles. The molecule has 0 fully saturated rings. The number of benzene rings is 1. The van der Waals surface area contributed by atoms with Gasteiger partial charge in [0.1, 0.15) is 12.4 Å². The van der Waals surface area contributed by atoms with Crippen LogP contribution in [-0.4, -0.2) is 41.6 Å². The van der Waals surface area contributed by atoms with E-state index in [9.17, 15) is 9.59 Å². The van der Waals surface area contributed by atoms with Crippen LogP contribution in [0.5, 0.6) is 0 Å². The first-order chi connectivity index (χ1) is 12.2. The number of hydrogen-bond acceptors (Lipinski definition) is 4. The number of aromatic nitrogens is 2. The molecule has 0 spiro atoms. The number of ether oxygens (including phenoxy) is 1. The van der Waals surface area contributed by atoms with Crippen LogP contribution in [0.15, 0.2) is 24.3 Å². The van der Waals surface area contributed by atoms with Gasteiger partial charge in [-0.15, -0.1) is 0 Å². The normalized spacial score (nSPS) is 10.8. The summed E-state index contributed by atoms with van der Waals surface area (Å²) >= 11 is 0. The molecule has 0 atom stereocenters. The third-order valence-electron chi connectivity index (χ3n) is 3.80. The largest absolute Gasteiger partial charge is 0.385 e. The lowest BCUT2D eigenvalue weighted by atomic mass is 10.3. The van der Waals surface area contributed by atoms with Gasteiger partial charge < -0.3 is 19.9 Å². The van der Waals surface area contributed by atoms with Gasteiger partial charge in [-0.05, 0) is 25.0 Å². The number of methoxy groups -OCH3 is 1. The van der Waals surface area contributed by atoms with Crippen LogP contribution in [0.4, 0.5) is 0 Å². The lowest BCUT2D eigenvalue weighted by molar-refractivity contribution is -0.122. The van der Waals surface area contributed by atoms with E-state index in [1.54, 1.807) is 7.11 Å². The van der Waals surface area contributed by atoms with Crippen molar-refractivity contribution in [2.45, 2.75) is 39.3 Å². The lowest BCUT2D eigenvalue weighted by Gasteiger charge is -2.10. The molecule has 0 aliphatic rings. The number of amides is 2. The molecule has 0 saturated carbocycles. The Labute approximate surface area is 147 Å². The van der Waals surface area contributed by atoms with E-state index in [2.05, 4.69) is 15.6 Å². The van der Waals surface area contributed by atoms with Crippen LogP contribution in [0.25, 0.3) is 11.0 Å². The maximum atomic E-state index is 12.2. The number of carbonyl (C=O) groups excluding carboxylic acids is 2. The molecular formula is C18H26N4O3. The number of nitrogens with one attached hydrogen (secondary N) is 2. The summed E-state index contributed by atoms with van der Waals surface area (Å²) in [5, 5.41) is 5.74. The highest BCUT2D eigenvalue weighted by Crippen LogP contribution is 2.16. The summed E-state index contributed by atoms with van der Waals surface area (Å²) in [5.74, 6) is 0.586. The summed E-state index contributed by atoms with van der Waals surface area (Å²) in [6, 6.07) is 7.65. The van der Waals surface area contributed by atoms with Gasteiger partial charge >= 0.3 is 0 Å². The van der Waals surface area contributed by atoms with Gasteiger partial charge in [0.15, 0.2) is 0 Å². The van der Waals surface area contributed by atoms with Crippen LogP contribution < -0.4 is 10.6 Å². The molecule has 2 rings (SSSR count). The molecule has 0 bridgehead atoms. The molecule has 136 valence electrons. The Morgan fingerprint density at radius 3 is 2.76 bits per heavy atom. The summed E-state index contributed by atoms with van der Waals surface area (Å²) < 4.78 is 6.83. The second kappa shape index (κ2) is 9.78. The Morgan fingerprint density at radius 1 is 1.20 bits per heavy atom. The minimum atomic E-state index is -0.0830. The molecule has 2 N–H and O–H groups in total. The molecule has 0 aliphatic carbocycles. The van der Waals surface area contributed by atoms with Crippen molar-refractivity contribution in [2.24, 2.45) is 0 Å². The second-order valence-electron chi connectivity index (χ2n) is 5.83. The fourth-order valence-electron chi connectivity index (χ4n) is 2.57. The summed E-state index contributed by atoms with van der Waals surface area (Å²) in [7, 11) is 1.64. The van der Waals surface area contributed by atoms with Crippen molar-refractivity contribution in [1.82, 2.24) is 20.2 Å². The minimum absolute atomic E-state index is 0.00915. The molecule has 7 heteroatoms. The highest BCUT2D eigenvalue weighted by Gasteiger charge is 2.14. The van der Waals surface area contributed by atoms with E-state index in [0.29, 0.717) is 31.9 Å². The average Bonchev–Trinajstić information content (AvgIpc) is 2.95. The van der Waals surface area contributed by atoms with Crippen molar-refractivity contribution in [3.05, 3.63) is 30.1 Å². The molecule has 2 amide bonds. The van der Waals surface area contributed by atoms with E-state index >= 15 is 0 Å². The molecule has 0 radical (unpaired) electrons. The van der Waals surface area contributed by atoms with Crippen LogP contribution >= 0.6 is 0 Å². The van der Waals surface area contributed by atoms with Crippen LogP contribution in [0.1, 0.15) is 32.0 Å². The van der Waals surface area contributed by atoms with Crippen LogP contribution in [0.2, 0.25) is 0 Å². The third kappa shape index (κ3) is 5.56.